The molecule has 8 heteroatoms. The minimum absolute atomic E-state index is 0.283. The van der Waals surface area contributed by atoms with Gasteiger partial charge in [-0.3, -0.25) is 0 Å². The maximum absolute atomic E-state index is 13.0. The monoisotopic (exact) mass is 446 g/mol. The number of rotatable bonds is 4. The zero-order valence-corrected chi connectivity index (χ0v) is 17.0. The second kappa shape index (κ2) is 7.53. The lowest BCUT2D eigenvalue weighted by molar-refractivity contribution is 0.346. The summed E-state index contributed by atoms with van der Waals surface area (Å²) in [6, 6.07) is 12.7. The molecule has 0 radical (unpaired) electrons. The number of hydrogen-bond acceptors (Lipinski definition) is 5. The maximum Gasteiger partial charge on any atom is 0.243 e. The van der Waals surface area contributed by atoms with E-state index in [0.29, 0.717) is 29.8 Å². The van der Waals surface area contributed by atoms with Crippen molar-refractivity contribution in [1.29, 1.82) is 0 Å². The number of piperidine rings is 1. The van der Waals surface area contributed by atoms with Crippen molar-refractivity contribution in [2.45, 2.75) is 24.2 Å². The lowest BCUT2D eigenvalue weighted by atomic mass is 10.2. The Morgan fingerprint density at radius 1 is 0.963 bits per heavy atom. The fraction of sp³-hybridized carbons (Fsp3) is 0.263. The van der Waals surface area contributed by atoms with E-state index < -0.39 is 10.0 Å². The van der Waals surface area contributed by atoms with Crippen LogP contribution in [0, 0.1) is 0 Å². The molecule has 1 N–H and O–H groups in total. The highest BCUT2D eigenvalue weighted by molar-refractivity contribution is 9.10. The van der Waals surface area contributed by atoms with Crippen LogP contribution >= 0.6 is 15.9 Å². The molecular weight excluding hydrogens is 428 g/mol. The highest BCUT2D eigenvalue weighted by Crippen LogP contribution is 2.28. The normalized spacial score (nSPS) is 15.7. The molecule has 3 aromatic rings. The Labute approximate surface area is 166 Å². The van der Waals surface area contributed by atoms with Gasteiger partial charge in [-0.25, -0.2) is 18.4 Å². The highest BCUT2D eigenvalue weighted by Gasteiger charge is 2.26. The first-order valence-electron chi connectivity index (χ1n) is 8.81. The number of hydrogen-bond donors (Lipinski definition) is 1. The number of sulfonamides is 1. The van der Waals surface area contributed by atoms with E-state index >= 15 is 0 Å². The van der Waals surface area contributed by atoms with Gasteiger partial charge in [-0.1, -0.05) is 22.4 Å². The first-order chi connectivity index (χ1) is 13.0. The van der Waals surface area contributed by atoms with Gasteiger partial charge in [0.1, 0.15) is 12.1 Å². The Morgan fingerprint density at radius 2 is 1.70 bits per heavy atom. The lowest BCUT2D eigenvalue weighted by Gasteiger charge is -2.26. The van der Waals surface area contributed by atoms with E-state index in [1.165, 1.54) is 6.33 Å². The Hall–Kier alpha value is -2.03. The van der Waals surface area contributed by atoms with Gasteiger partial charge in [-0.2, -0.15) is 4.31 Å². The maximum atomic E-state index is 13.0. The number of halogens is 1. The second-order valence-corrected chi connectivity index (χ2v) is 9.35. The summed E-state index contributed by atoms with van der Waals surface area (Å²) in [6.45, 7) is 1.16. The number of nitrogens with zero attached hydrogens (tertiary/aromatic N) is 3. The van der Waals surface area contributed by atoms with Crippen molar-refractivity contribution < 1.29 is 8.42 Å². The Bertz CT molecular complexity index is 1060. The standard InChI is InChI=1S/C19H19BrN4O2S/c20-14-4-6-15(7-5-14)23-19-17-12-16(8-9-18(17)21-13-22-19)27(25,26)24-10-2-1-3-11-24/h4-9,12-13H,1-3,10-11H2,(H,21,22,23). The average Bonchev–Trinajstić information content (AvgIpc) is 2.70. The fourth-order valence-corrected chi connectivity index (χ4v) is 5.03. The quantitative estimate of drug-likeness (QED) is 0.645. The third kappa shape index (κ3) is 3.83. The van der Waals surface area contributed by atoms with E-state index in [1.54, 1.807) is 22.5 Å². The third-order valence-corrected chi connectivity index (χ3v) is 7.09. The largest absolute Gasteiger partial charge is 0.340 e. The van der Waals surface area contributed by atoms with Crippen molar-refractivity contribution in [2.24, 2.45) is 0 Å². The number of fused-ring (bicyclic) bond motifs is 1. The zero-order valence-electron chi connectivity index (χ0n) is 14.6. The SMILES string of the molecule is O=S(=O)(c1ccc2ncnc(Nc3ccc(Br)cc3)c2c1)N1CCCCC1. The Kier molecular flexibility index (Phi) is 5.12. The van der Waals surface area contributed by atoms with Crippen LogP contribution in [0.15, 0.2) is 58.2 Å². The minimum Gasteiger partial charge on any atom is -0.340 e. The van der Waals surface area contributed by atoms with E-state index in [4.69, 9.17) is 0 Å². The van der Waals surface area contributed by atoms with E-state index in [2.05, 4.69) is 31.2 Å². The molecular formula is C19H19BrN4O2S. The zero-order chi connectivity index (χ0) is 18.9. The summed E-state index contributed by atoms with van der Waals surface area (Å²) in [5, 5.41) is 3.93. The number of benzene rings is 2. The molecule has 1 aliphatic heterocycles. The number of nitrogens with one attached hydrogen (secondary N) is 1. The molecule has 1 aromatic heterocycles. The molecule has 4 rings (SSSR count). The average molecular weight is 447 g/mol. The molecule has 27 heavy (non-hydrogen) atoms. The first kappa shape index (κ1) is 18.3. The predicted octanol–water partition coefficient (Wildman–Crippen LogP) is 4.31. The van der Waals surface area contributed by atoms with Crippen LogP contribution in [-0.2, 0) is 10.0 Å². The molecule has 140 valence electrons. The van der Waals surface area contributed by atoms with Crippen molar-refractivity contribution in [3.63, 3.8) is 0 Å². The van der Waals surface area contributed by atoms with Gasteiger partial charge in [0.25, 0.3) is 0 Å². The van der Waals surface area contributed by atoms with Crippen molar-refractivity contribution in [3.8, 4) is 0 Å². The van der Waals surface area contributed by atoms with Gasteiger partial charge < -0.3 is 5.32 Å². The summed E-state index contributed by atoms with van der Waals surface area (Å²) >= 11 is 3.42. The molecule has 1 aliphatic rings. The van der Waals surface area contributed by atoms with Crippen LogP contribution in [0.4, 0.5) is 11.5 Å². The van der Waals surface area contributed by atoms with Gasteiger partial charge in [-0.05, 0) is 55.3 Å². The Balaban J connectivity index is 1.73. The number of anilines is 2. The fourth-order valence-electron chi connectivity index (χ4n) is 3.22. The molecule has 0 unspecified atom stereocenters. The van der Waals surface area contributed by atoms with E-state index in [9.17, 15) is 8.42 Å². The molecule has 1 fully saturated rings. The molecule has 0 atom stereocenters. The van der Waals surface area contributed by atoms with Gasteiger partial charge >= 0.3 is 0 Å². The van der Waals surface area contributed by atoms with E-state index in [1.807, 2.05) is 24.3 Å². The smallest absolute Gasteiger partial charge is 0.243 e. The molecule has 0 saturated carbocycles. The van der Waals surface area contributed by atoms with Crippen molar-refractivity contribution in [1.82, 2.24) is 14.3 Å². The molecule has 0 amide bonds. The van der Waals surface area contributed by atoms with Gasteiger partial charge in [-0.15, -0.1) is 0 Å². The van der Waals surface area contributed by atoms with Crippen LogP contribution in [0.5, 0.6) is 0 Å². The van der Waals surface area contributed by atoms with Crippen LogP contribution in [0.25, 0.3) is 10.9 Å². The summed E-state index contributed by atoms with van der Waals surface area (Å²) in [4.78, 5) is 8.87. The van der Waals surface area contributed by atoms with E-state index in [-0.39, 0.29) is 4.90 Å². The van der Waals surface area contributed by atoms with Gasteiger partial charge in [0, 0.05) is 28.6 Å². The minimum atomic E-state index is -3.50. The third-order valence-electron chi connectivity index (χ3n) is 4.67. The highest BCUT2D eigenvalue weighted by atomic mass is 79.9. The van der Waals surface area contributed by atoms with Crippen LogP contribution < -0.4 is 5.32 Å². The molecule has 6 nitrogen and oxygen atoms in total. The van der Waals surface area contributed by atoms with Crippen molar-refractivity contribution >= 4 is 48.4 Å². The number of aromatic nitrogens is 2. The summed E-state index contributed by atoms with van der Waals surface area (Å²) in [5.41, 5.74) is 1.56. The molecule has 2 heterocycles. The lowest BCUT2D eigenvalue weighted by Crippen LogP contribution is -2.35. The van der Waals surface area contributed by atoms with Crippen LogP contribution in [0.1, 0.15) is 19.3 Å². The van der Waals surface area contributed by atoms with Crippen LogP contribution in [0.3, 0.4) is 0 Å². The summed E-state index contributed by atoms with van der Waals surface area (Å²) in [5.74, 6) is 0.581. The summed E-state index contributed by atoms with van der Waals surface area (Å²) < 4.78 is 28.5. The Morgan fingerprint density at radius 3 is 2.44 bits per heavy atom. The van der Waals surface area contributed by atoms with Crippen LogP contribution in [-0.4, -0.2) is 35.8 Å². The summed E-state index contributed by atoms with van der Waals surface area (Å²) in [7, 11) is -3.50. The van der Waals surface area contributed by atoms with Crippen LogP contribution in [0.2, 0.25) is 0 Å². The molecule has 1 saturated heterocycles. The predicted molar refractivity (Wildman–Crippen MR) is 110 cm³/mol. The van der Waals surface area contributed by atoms with Gasteiger partial charge in [0.2, 0.25) is 10.0 Å². The van der Waals surface area contributed by atoms with Crippen molar-refractivity contribution in [3.05, 3.63) is 53.3 Å². The van der Waals surface area contributed by atoms with Crippen molar-refractivity contribution in [2.75, 3.05) is 18.4 Å². The van der Waals surface area contributed by atoms with Gasteiger partial charge in [0.15, 0.2) is 0 Å². The molecule has 2 aromatic carbocycles. The molecule has 0 spiro atoms. The molecule has 0 bridgehead atoms. The summed E-state index contributed by atoms with van der Waals surface area (Å²) in [6.07, 6.45) is 4.37. The second-order valence-electron chi connectivity index (χ2n) is 6.50. The van der Waals surface area contributed by atoms with E-state index in [0.717, 1.165) is 29.4 Å². The first-order valence-corrected chi connectivity index (χ1v) is 11.0. The molecule has 0 aliphatic carbocycles. The van der Waals surface area contributed by atoms with Gasteiger partial charge in [0.05, 0.1) is 10.4 Å². The topological polar surface area (TPSA) is 75.2 Å².